The van der Waals surface area contributed by atoms with Crippen molar-refractivity contribution in [2.75, 3.05) is 6.54 Å². The number of nitrogens with zero attached hydrogens (tertiary/aromatic N) is 2. The molecule has 0 aliphatic heterocycles. The van der Waals surface area contributed by atoms with Crippen molar-refractivity contribution in [2.45, 2.75) is 33.2 Å². The zero-order valence-corrected chi connectivity index (χ0v) is 11.9. The fraction of sp³-hybridized carbons (Fsp3) is 0.583. The predicted molar refractivity (Wildman–Crippen MR) is 69.6 cm³/mol. The van der Waals surface area contributed by atoms with Gasteiger partial charge in [-0.05, 0) is 42.3 Å². The van der Waals surface area contributed by atoms with Gasteiger partial charge in [-0.1, -0.05) is 6.92 Å². The van der Waals surface area contributed by atoms with E-state index in [2.05, 4.69) is 29.8 Å². The van der Waals surface area contributed by atoms with Gasteiger partial charge in [-0.25, -0.2) is 0 Å². The van der Waals surface area contributed by atoms with Gasteiger partial charge in [-0.2, -0.15) is 0 Å². The van der Waals surface area contributed by atoms with Crippen molar-refractivity contribution in [3.8, 4) is 0 Å². The summed E-state index contributed by atoms with van der Waals surface area (Å²) in [6.07, 6.45) is 2.88. The molecule has 1 atom stereocenters. The molecule has 0 fully saturated rings. The second-order valence-electron chi connectivity index (χ2n) is 4.00. The zero-order valence-electron chi connectivity index (χ0n) is 10.3. The summed E-state index contributed by atoms with van der Waals surface area (Å²) in [6, 6.07) is 2.15. The van der Waals surface area contributed by atoms with Gasteiger partial charge in [-0.15, -0.1) is 0 Å². The van der Waals surface area contributed by atoms with Crippen molar-refractivity contribution in [3.05, 3.63) is 22.4 Å². The number of carbonyl (C=O) groups excluding carboxylic acids is 1. The summed E-state index contributed by atoms with van der Waals surface area (Å²) in [5.74, 6) is 0.102. The third-order valence-corrected chi connectivity index (χ3v) is 3.35. The van der Waals surface area contributed by atoms with Crippen LogP contribution in [0.4, 0.5) is 0 Å². The van der Waals surface area contributed by atoms with Crippen LogP contribution in [0.5, 0.6) is 0 Å². The Hall–Kier alpha value is -0.770. The maximum absolute atomic E-state index is 12.3. The molecule has 1 aromatic heterocycles. The number of hydrogen-bond acceptors (Lipinski definition) is 1. The smallest absolute Gasteiger partial charge is 0.270 e. The lowest BCUT2D eigenvalue weighted by molar-refractivity contribution is 0.0690. The van der Waals surface area contributed by atoms with E-state index in [-0.39, 0.29) is 11.9 Å². The first-order valence-electron chi connectivity index (χ1n) is 5.64. The molecule has 3 nitrogen and oxygen atoms in total. The van der Waals surface area contributed by atoms with E-state index >= 15 is 0 Å². The largest absolute Gasteiger partial charge is 0.345 e. The van der Waals surface area contributed by atoms with Crippen LogP contribution in [-0.2, 0) is 7.05 Å². The maximum atomic E-state index is 12.3. The second-order valence-corrected chi connectivity index (χ2v) is 4.92. The summed E-state index contributed by atoms with van der Waals surface area (Å²) in [7, 11) is 1.89. The number of hydrogen-bond donors (Lipinski definition) is 0. The Labute approximate surface area is 106 Å². The summed E-state index contributed by atoms with van der Waals surface area (Å²) in [5, 5.41) is 0. The van der Waals surface area contributed by atoms with Crippen LogP contribution in [0.3, 0.4) is 0 Å². The highest BCUT2D eigenvalue weighted by atomic mass is 79.9. The van der Waals surface area contributed by atoms with E-state index in [1.165, 1.54) is 0 Å². The number of aryl methyl sites for hydroxylation is 1. The predicted octanol–water partition coefficient (Wildman–Crippen LogP) is 3.05. The molecule has 0 N–H and O–H groups in total. The van der Waals surface area contributed by atoms with Crippen molar-refractivity contribution < 1.29 is 4.79 Å². The lowest BCUT2D eigenvalue weighted by atomic mass is 10.2. The molecular formula is C12H19BrN2O. The number of halogens is 1. The van der Waals surface area contributed by atoms with Crippen LogP contribution in [-0.4, -0.2) is 28.0 Å². The Bertz CT molecular complexity index is 373. The van der Waals surface area contributed by atoms with E-state index in [4.69, 9.17) is 0 Å². The molecule has 0 aromatic carbocycles. The van der Waals surface area contributed by atoms with Gasteiger partial charge in [0.05, 0.1) is 0 Å². The van der Waals surface area contributed by atoms with Gasteiger partial charge in [0, 0.05) is 30.3 Å². The highest BCUT2D eigenvalue weighted by Crippen LogP contribution is 2.17. The van der Waals surface area contributed by atoms with Crippen molar-refractivity contribution in [2.24, 2.45) is 7.05 Å². The molecule has 0 aliphatic carbocycles. The van der Waals surface area contributed by atoms with Crippen LogP contribution in [0.25, 0.3) is 0 Å². The molecule has 16 heavy (non-hydrogen) atoms. The number of aromatic nitrogens is 1. The van der Waals surface area contributed by atoms with Gasteiger partial charge >= 0.3 is 0 Å². The minimum atomic E-state index is 0.102. The average molecular weight is 287 g/mol. The Morgan fingerprint density at radius 1 is 1.56 bits per heavy atom. The maximum Gasteiger partial charge on any atom is 0.270 e. The van der Waals surface area contributed by atoms with Crippen LogP contribution in [0.1, 0.15) is 37.7 Å². The number of carbonyl (C=O) groups is 1. The van der Waals surface area contributed by atoms with Crippen LogP contribution in [0, 0.1) is 0 Å². The molecule has 1 amide bonds. The lowest BCUT2D eigenvalue weighted by Gasteiger charge is -2.27. The molecule has 0 radical (unpaired) electrons. The molecule has 1 unspecified atom stereocenters. The molecule has 1 rings (SSSR count). The van der Waals surface area contributed by atoms with Gasteiger partial charge in [0.1, 0.15) is 5.69 Å². The van der Waals surface area contributed by atoms with Crippen molar-refractivity contribution in [1.82, 2.24) is 9.47 Å². The van der Waals surface area contributed by atoms with Crippen molar-refractivity contribution in [1.29, 1.82) is 0 Å². The second kappa shape index (κ2) is 5.53. The lowest BCUT2D eigenvalue weighted by Crippen LogP contribution is -2.38. The molecule has 90 valence electrons. The van der Waals surface area contributed by atoms with Gasteiger partial charge in [0.2, 0.25) is 0 Å². The van der Waals surface area contributed by atoms with Crippen LogP contribution in [0.15, 0.2) is 16.7 Å². The van der Waals surface area contributed by atoms with Crippen molar-refractivity contribution in [3.63, 3.8) is 0 Å². The van der Waals surface area contributed by atoms with E-state index in [1.54, 1.807) is 0 Å². The van der Waals surface area contributed by atoms with E-state index < -0.39 is 0 Å². The molecule has 4 heteroatoms. The van der Waals surface area contributed by atoms with Crippen LogP contribution < -0.4 is 0 Å². The highest BCUT2D eigenvalue weighted by Gasteiger charge is 2.21. The van der Waals surface area contributed by atoms with Gasteiger partial charge < -0.3 is 9.47 Å². The molecular weight excluding hydrogens is 268 g/mol. The fourth-order valence-electron chi connectivity index (χ4n) is 1.76. The van der Waals surface area contributed by atoms with Crippen LogP contribution in [0.2, 0.25) is 0 Å². The molecule has 0 bridgehead atoms. The first kappa shape index (κ1) is 13.3. The SMILES string of the molecule is CCC(C)N(CC)C(=O)c1cc(Br)cn1C. The number of amides is 1. The van der Waals surface area contributed by atoms with E-state index in [9.17, 15) is 4.79 Å². The quantitative estimate of drug-likeness (QED) is 0.835. The Morgan fingerprint density at radius 2 is 2.19 bits per heavy atom. The fourth-order valence-corrected chi connectivity index (χ4v) is 2.28. The Morgan fingerprint density at radius 3 is 2.56 bits per heavy atom. The topological polar surface area (TPSA) is 25.2 Å². The molecule has 0 spiro atoms. The Balaban J connectivity index is 2.95. The van der Waals surface area contributed by atoms with Crippen LogP contribution >= 0.6 is 15.9 Å². The van der Waals surface area contributed by atoms with Crippen molar-refractivity contribution >= 4 is 21.8 Å². The van der Waals surface area contributed by atoms with Gasteiger partial charge in [0.15, 0.2) is 0 Å². The highest BCUT2D eigenvalue weighted by molar-refractivity contribution is 9.10. The summed E-state index contributed by atoms with van der Waals surface area (Å²) < 4.78 is 2.80. The molecule has 0 aliphatic rings. The third kappa shape index (κ3) is 2.67. The summed E-state index contributed by atoms with van der Waals surface area (Å²) >= 11 is 3.38. The summed E-state index contributed by atoms with van der Waals surface area (Å²) in [5.41, 5.74) is 0.731. The van der Waals surface area contributed by atoms with Gasteiger partial charge in [-0.3, -0.25) is 4.79 Å². The monoisotopic (exact) mass is 286 g/mol. The molecule has 0 saturated carbocycles. The third-order valence-electron chi connectivity index (χ3n) is 2.92. The molecule has 0 saturated heterocycles. The first-order valence-corrected chi connectivity index (χ1v) is 6.43. The van der Waals surface area contributed by atoms with E-state index in [0.29, 0.717) is 0 Å². The summed E-state index contributed by atoms with van der Waals surface area (Å²) in [4.78, 5) is 14.2. The zero-order chi connectivity index (χ0) is 12.3. The minimum absolute atomic E-state index is 0.102. The average Bonchev–Trinajstić information content (AvgIpc) is 2.58. The first-order chi connectivity index (χ1) is 7.51. The van der Waals surface area contributed by atoms with Gasteiger partial charge in [0.25, 0.3) is 5.91 Å². The normalized spacial score (nSPS) is 12.6. The standard InChI is InChI=1S/C12H19BrN2O/c1-5-9(3)15(6-2)12(16)11-7-10(13)8-14(11)4/h7-9H,5-6H2,1-4H3. The van der Waals surface area contributed by atoms with E-state index in [1.807, 2.05) is 35.7 Å². The minimum Gasteiger partial charge on any atom is -0.345 e. The molecule has 1 heterocycles. The Kier molecular flexibility index (Phi) is 4.59. The number of rotatable bonds is 4. The molecule has 1 aromatic rings. The summed E-state index contributed by atoms with van der Waals surface area (Å²) in [6.45, 7) is 6.94. The van der Waals surface area contributed by atoms with E-state index in [0.717, 1.165) is 23.1 Å².